The molecule has 0 bridgehead atoms. The number of hydrogen-bond donors (Lipinski definition) is 2. The fraction of sp³-hybridized carbons (Fsp3) is 0.200. The number of thiol groups is 1. The third kappa shape index (κ3) is 6.36. The minimum atomic E-state index is -2.35. The first-order chi connectivity index (χ1) is 20.7. The van der Waals surface area contributed by atoms with Gasteiger partial charge < -0.3 is 15.1 Å². The molecule has 10 nitrogen and oxygen atoms in total. The summed E-state index contributed by atoms with van der Waals surface area (Å²) in [7, 11) is -0.555. The summed E-state index contributed by atoms with van der Waals surface area (Å²) in [4.78, 5) is 19.9. The van der Waals surface area contributed by atoms with E-state index in [-0.39, 0.29) is 28.0 Å². The average molecular weight is 637 g/mol. The molecule has 0 radical (unpaired) electrons. The van der Waals surface area contributed by atoms with Crippen LogP contribution in [0.25, 0.3) is 16.4 Å². The van der Waals surface area contributed by atoms with Gasteiger partial charge in [0, 0.05) is 30.0 Å². The summed E-state index contributed by atoms with van der Waals surface area (Å²) in [5, 5.41) is 21.6. The van der Waals surface area contributed by atoms with E-state index in [1.807, 2.05) is 0 Å². The maximum Gasteiger partial charge on any atom is 0.355 e. The molecule has 5 aromatic rings. The molecule has 226 valence electrons. The molecule has 1 atom stereocenters. The van der Waals surface area contributed by atoms with E-state index >= 15 is 0 Å². The number of carboxylic acids is 1. The van der Waals surface area contributed by atoms with Crippen LogP contribution in [0.4, 0.5) is 8.78 Å². The Balaban J connectivity index is 0.00000384. The van der Waals surface area contributed by atoms with Gasteiger partial charge in [-0.1, -0.05) is 16.2 Å². The minimum Gasteiger partial charge on any atom is -0.870 e. The Hall–Kier alpha value is -4.55. The highest BCUT2D eigenvalue weighted by molar-refractivity contribution is 7.82. The van der Waals surface area contributed by atoms with Gasteiger partial charge in [-0.3, -0.25) is 0 Å². The van der Waals surface area contributed by atoms with Crippen molar-refractivity contribution in [1.29, 1.82) is 0 Å². The molecule has 0 spiro atoms. The third-order valence-corrected chi connectivity index (χ3v) is 8.83. The van der Waals surface area contributed by atoms with Gasteiger partial charge in [-0.2, -0.15) is 5.10 Å². The molecule has 3 aromatic heterocycles. The Morgan fingerprint density at radius 1 is 1.18 bits per heavy atom. The van der Waals surface area contributed by atoms with Gasteiger partial charge in [-0.15, -0.1) is 16.5 Å². The van der Waals surface area contributed by atoms with Crippen LogP contribution < -0.4 is 5.14 Å². The summed E-state index contributed by atoms with van der Waals surface area (Å²) in [6.45, 7) is 0. The minimum absolute atomic E-state index is 0. The summed E-state index contributed by atoms with van der Waals surface area (Å²) in [5.74, 6) is 3.92. The van der Waals surface area contributed by atoms with Gasteiger partial charge in [0.05, 0.1) is 29.5 Å². The number of aryl methyl sites for hydroxylation is 1. The van der Waals surface area contributed by atoms with Gasteiger partial charge in [0.15, 0.2) is 22.5 Å². The van der Waals surface area contributed by atoms with E-state index in [4.69, 9.17) is 10.2 Å². The normalized spacial score (nSPS) is 13.2. The van der Waals surface area contributed by atoms with E-state index in [1.165, 1.54) is 23.6 Å². The highest BCUT2D eigenvalue weighted by Crippen LogP contribution is 2.38. The van der Waals surface area contributed by atoms with Gasteiger partial charge in [-0.05, 0) is 67.0 Å². The van der Waals surface area contributed by atoms with Crippen molar-refractivity contribution in [3.8, 4) is 28.2 Å². The smallest absolute Gasteiger partial charge is 0.355 e. The first-order valence-electron chi connectivity index (χ1n) is 13.3. The lowest BCUT2D eigenvalue weighted by Gasteiger charge is -2.09. The Kier molecular flexibility index (Phi) is 8.84. The summed E-state index contributed by atoms with van der Waals surface area (Å²) >= 11 is 1.15. The number of hydrogen-bond acceptors (Lipinski definition) is 7. The quantitative estimate of drug-likeness (QED) is 0.145. The number of rotatable bonds is 8. The van der Waals surface area contributed by atoms with Crippen molar-refractivity contribution in [1.82, 2.24) is 24.3 Å². The molecule has 0 saturated heterocycles. The molecule has 2 aromatic carbocycles. The predicted octanol–water partition coefficient (Wildman–Crippen LogP) is 4.40. The number of benzene rings is 2. The van der Waals surface area contributed by atoms with Gasteiger partial charge in [-0.25, -0.2) is 28.2 Å². The highest BCUT2D eigenvalue weighted by atomic mass is 32.2. The largest absolute Gasteiger partial charge is 0.870 e. The molecule has 1 unspecified atom stereocenters. The van der Waals surface area contributed by atoms with Crippen molar-refractivity contribution < 1.29 is 28.4 Å². The van der Waals surface area contributed by atoms with Gasteiger partial charge in [0.1, 0.15) is 11.5 Å². The standard InChI is InChI=1S/C30H24F2N6O3S2.H2O/c1-37-16-34-14-21(37)7-5-19-13-20(6-8-23(19)31)28-22(10-18-4-9-27(43(33)41)24(32)11-18)26(12-17-2-3-17)38(36-28)30-35-25(15-42-30)29(39)40;/h4,6,8-9,11,13-17H,2-3,10,12H2,1H3,(H2,33,41)(H,39,40);1H2. The van der Waals surface area contributed by atoms with Crippen molar-refractivity contribution in [3.05, 3.63) is 99.7 Å². The van der Waals surface area contributed by atoms with E-state index in [1.54, 1.807) is 47.0 Å². The molecule has 14 heteroatoms. The van der Waals surface area contributed by atoms with Crippen LogP contribution in [-0.2, 0) is 35.1 Å². The molecule has 1 aliphatic rings. The second-order valence-corrected chi connectivity index (χ2v) is 12.2. The zero-order chi connectivity index (χ0) is 30.2. The van der Waals surface area contributed by atoms with E-state index in [0.717, 1.165) is 35.4 Å². The van der Waals surface area contributed by atoms with Crippen molar-refractivity contribution in [3.63, 3.8) is 0 Å². The highest BCUT2D eigenvalue weighted by Gasteiger charge is 2.29. The van der Waals surface area contributed by atoms with E-state index in [0.29, 0.717) is 40.0 Å². The summed E-state index contributed by atoms with van der Waals surface area (Å²) in [6.07, 6.45) is 6.16. The molecule has 6 rings (SSSR count). The molecule has 3 heterocycles. The summed E-state index contributed by atoms with van der Waals surface area (Å²) in [5.41, 5.74) is 3.94. The number of imidazole rings is 1. The lowest BCUT2D eigenvalue weighted by atomic mass is 9.96. The first kappa shape index (κ1) is 30.9. The fourth-order valence-corrected chi connectivity index (χ4v) is 6.02. The lowest BCUT2D eigenvalue weighted by molar-refractivity contribution is 0.0691. The van der Waals surface area contributed by atoms with Crippen molar-refractivity contribution in [2.24, 2.45) is 18.1 Å². The monoisotopic (exact) mass is 636 g/mol. The molecule has 1 saturated carbocycles. The number of nitrogens with two attached hydrogens (primary N) is 1. The van der Waals surface area contributed by atoms with Crippen LogP contribution in [0.2, 0.25) is 0 Å². The number of carboxylic acid groups (broad SMARTS) is 1. The number of thiazole rings is 1. The summed E-state index contributed by atoms with van der Waals surface area (Å²) < 4.78 is 44.9. The number of halogens is 2. The summed E-state index contributed by atoms with van der Waals surface area (Å²) in [6, 6.07) is 8.93. The first-order valence-corrected chi connectivity index (χ1v) is 15.5. The average Bonchev–Trinajstić information content (AvgIpc) is 3.32. The second kappa shape index (κ2) is 12.6. The molecule has 4 N–H and O–H groups in total. The third-order valence-electron chi connectivity index (χ3n) is 7.17. The maximum atomic E-state index is 14.9. The molecule has 44 heavy (non-hydrogen) atoms. The Morgan fingerprint density at radius 3 is 2.61 bits per heavy atom. The van der Waals surface area contributed by atoms with Crippen molar-refractivity contribution in [2.75, 3.05) is 0 Å². The van der Waals surface area contributed by atoms with Crippen LogP contribution in [0, 0.1) is 29.4 Å². The zero-order valence-electron chi connectivity index (χ0n) is 23.2. The van der Waals surface area contributed by atoms with Crippen LogP contribution in [0.5, 0.6) is 0 Å². The van der Waals surface area contributed by atoms with E-state index < -0.39 is 28.6 Å². The van der Waals surface area contributed by atoms with Crippen molar-refractivity contribution in [2.45, 2.75) is 30.6 Å². The van der Waals surface area contributed by atoms with Crippen LogP contribution in [-0.4, -0.2) is 40.9 Å². The number of aromatic nitrogens is 5. The Morgan fingerprint density at radius 2 is 1.98 bits per heavy atom. The van der Waals surface area contributed by atoms with Crippen LogP contribution >= 0.6 is 11.3 Å². The lowest BCUT2D eigenvalue weighted by Crippen LogP contribution is -2.07. The van der Waals surface area contributed by atoms with Crippen LogP contribution in [0.15, 0.2) is 59.2 Å². The molecular formula is C30H26F2N6O4S2. The fourth-order valence-electron chi connectivity index (χ4n) is 4.75. The molecule has 1 aliphatic carbocycles. The number of aromatic carboxylic acids is 1. The van der Waals surface area contributed by atoms with Gasteiger partial charge >= 0.3 is 5.97 Å². The van der Waals surface area contributed by atoms with Crippen LogP contribution in [0.3, 0.4) is 0 Å². The maximum absolute atomic E-state index is 14.9. The van der Waals surface area contributed by atoms with Gasteiger partial charge in [0.2, 0.25) is 10.0 Å². The van der Waals surface area contributed by atoms with Crippen molar-refractivity contribution >= 4 is 28.3 Å². The zero-order valence-corrected chi connectivity index (χ0v) is 24.9. The van der Waals surface area contributed by atoms with E-state index in [2.05, 4.69) is 21.8 Å². The molecular weight excluding hydrogens is 610 g/mol. The Labute approximate surface area is 257 Å². The van der Waals surface area contributed by atoms with Crippen LogP contribution in [0.1, 0.15) is 51.4 Å². The molecule has 0 amide bonds. The molecule has 0 aliphatic heterocycles. The second-order valence-electron chi connectivity index (χ2n) is 10.3. The number of carbonyl (C=O) groups is 1. The topological polar surface area (TPSA) is 159 Å². The van der Waals surface area contributed by atoms with Gasteiger partial charge in [0.25, 0.3) is 0 Å². The van der Waals surface area contributed by atoms with E-state index in [9.17, 15) is 22.9 Å². The number of nitrogens with zero attached hydrogens (tertiary/aromatic N) is 5. The molecule has 1 fully saturated rings. The predicted molar refractivity (Wildman–Crippen MR) is 160 cm³/mol. The SMILES string of the molecule is Cn1cncc1C#Cc1cc(-c2nn(-c3nc(C(=O)O)cs3)c(CC3CC3)c2Cc2ccc([SH+](N)=O)c(F)c2)ccc1F.[OH-]. The Bertz CT molecular complexity index is 1970.